The van der Waals surface area contributed by atoms with Crippen molar-refractivity contribution in [2.75, 3.05) is 19.8 Å². The van der Waals surface area contributed by atoms with Gasteiger partial charge in [-0.25, -0.2) is 4.79 Å². The molecule has 0 aliphatic heterocycles. The number of esters is 1. The van der Waals surface area contributed by atoms with Crippen LogP contribution in [0.3, 0.4) is 0 Å². The first-order chi connectivity index (χ1) is 9.63. The predicted molar refractivity (Wildman–Crippen MR) is 79.0 cm³/mol. The van der Waals surface area contributed by atoms with E-state index in [2.05, 4.69) is 0 Å². The molecule has 0 aliphatic rings. The van der Waals surface area contributed by atoms with Gasteiger partial charge in [0.1, 0.15) is 0 Å². The quantitative estimate of drug-likeness (QED) is 0.678. The number of rotatable bonds is 8. The van der Waals surface area contributed by atoms with Gasteiger partial charge in [-0.05, 0) is 19.8 Å². The van der Waals surface area contributed by atoms with Crippen molar-refractivity contribution >= 4 is 17.6 Å². The first-order valence-corrected chi connectivity index (χ1v) is 7.28. The smallest absolute Gasteiger partial charge is 0.339 e. The van der Waals surface area contributed by atoms with Gasteiger partial charge in [-0.2, -0.15) is 0 Å². The van der Waals surface area contributed by atoms with Gasteiger partial charge in [0.25, 0.3) is 0 Å². The lowest BCUT2D eigenvalue weighted by Crippen LogP contribution is -2.08. The Morgan fingerprint density at radius 1 is 1.05 bits per heavy atom. The first kappa shape index (κ1) is 16.6. The molecule has 0 amide bonds. The van der Waals surface area contributed by atoms with Crippen LogP contribution in [0.4, 0.5) is 0 Å². The maximum Gasteiger partial charge on any atom is 0.339 e. The molecule has 5 heteroatoms. The minimum atomic E-state index is -0.458. The van der Waals surface area contributed by atoms with E-state index in [4.69, 9.17) is 25.8 Å². The minimum Gasteiger partial charge on any atom is -0.490 e. The monoisotopic (exact) mass is 300 g/mol. The summed E-state index contributed by atoms with van der Waals surface area (Å²) in [4.78, 5) is 11.8. The van der Waals surface area contributed by atoms with Crippen LogP contribution in [0.25, 0.3) is 0 Å². The van der Waals surface area contributed by atoms with Gasteiger partial charge in [-0.1, -0.05) is 25.4 Å². The molecule has 0 aliphatic carbocycles. The third-order valence-corrected chi connectivity index (χ3v) is 2.76. The highest BCUT2D eigenvalue weighted by Crippen LogP contribution is 2.34. The molecule has 1 aromatic rings. The van der Waals surface area contributed by atoms with Gasteiger partial charge in [0.15, 0.2) is 11.5 Å². The van der Waals surface area contributed by atoms with E-state index in [0.29, 0.717) is 41.9 Å². The lowest BCUT2D eigenvalue weighted by atomic mass is 10.2. The number of halogens is 1. The molecular weight excluding hydrogens is 280 g/mol. The van der Waals surface area contributed by atoms with Gasteiger partial charge in [-0.3, -0.25) is 0 Å². The van der Waals surface area contributed by atoms with E-state index in [9.17, 15) is 4.79 Å². The van der Waals surface area contributed by atoms with Crippen molar-refractivity contribution in [1.82, 2.24) is 0 Å². The molecule has 20 heavy (non-hydrogen) atoms. The molecule has 0 saturated carbocycles. The molecule has 0 radical (unpaired) electrons. The molecule has 0 fully saturated rings. The molecule has 0 heterocycles. The minimum absolute atomic E-state index is 0.295. The number of hydrogen-bond acceptors (Lipinski definition) is 4. The lowest BCUT2D eigenvalue weighted by Gasteiger charge is -2.14. The van der Waals surface area contributed by atoms with E-state index in [0.717, 1.165) is 12.8 Å². The van der Waals surface area contributed by atoms with E-state index < -0.39 is 5.97 Å². The Morgan fingerprint density at radius 3 is 2.10 bits per heavy atom. The Hall–Kier alpha value is -1.42. The van der Waals surface area contributed by atoms with Crippen molar-refractivity contribution in [1.29, 1.82) is 0 Å². The second kappa shape index (κ2) is 8.69. The van der Waals surface area contributed by atoms with Crippen LogP contribution in [0.1, 0.15) is 44.0 Å². The second-order valence-electron chi connectivity index (χ2n) is 4.20. The third-order valence-electron chi connectivity index (χ3n) is 2.45. The van der Waals surface area contributed by atoms with Crippen LogP contribution in [0.5, 0.6) is 11.5 Å². The van der Waals surface area contributed by atoms with Crippen LogP contribution in [-0.4, -0.2) is 25.8 Å². The summed E-state index contributed by atoms with van der Waals surface area (Å²) in [7, 11) is 0. The fraction of sp³-hybridized carbons (Fsp3) is 0.533. The maximum absolute atomic E-state index is 11.8. The fourth-order valence-electron chi connectivity index (χ4n) is 1.55. The number of carbonyl (C=O) groups is 1. The molecule has 4 nitrogen and oxygen atoms in total. The highest BCUT2D eigenvalue weighted by molar-refractivity contribution is 6.33. The molecule has 0 spiro atoms. The van der Waals surface area contributed by atoms with Crippen LogP contribution in [0, 0.1) is 0 Å². The van der Waals surface area contributed by atoms with E-state index in [-0.39, 0.29) is 0 Å². The summed E-state index contributed by atoms with van der Waals surface area (Å²) < 4.78 is 16.2. The SMILES string of the molecule is CCCOc1cc(Cl)c(C(=O)OCC)cc1OCCC. The fourth-order valence-corrected chi connectivity index (χ4v) is 1.78. The molecule has 0 unspecified atom stereocenters. The number of hydrogen-bond donors (Lipinski definition) is 0. The molecule has 112 valence electrons. The van der Waals surface area contributed by atoms with Crippen molar-refractivity contribution < 1.29 is 19.0 Å². The Balaban J connectivity index is 3.06. The van der Waals surface area contributed by atoms with Crippen LogP contribution in [0.2, 0.25) is 5.02 Å². The van der Waals surface area contributed by atoms with Crippen molar-refractivity contribution in [2.45, 2.75) is 33.6 Å². The Labute approximate surface area is 125 Å². The lowest BCUT2D eigenvalue weighted by molar-refractivity contribution is 0.0526. The van der Waals surface area contributed by atoms with Gasteiger partial charge >= 0.3 is 5.97 Å². The largest absolute Gasteiger partial charge is 0.490 e. The van der Waals surface area contributed by atoms with Crippen molar-refractivity contribution in [3.8, 4) is 11.5 Å². The molecule has 0 N–H and O–H groups in total. The van der Waals surface area contributed by atoms with Crippen LogP contribution >= 0.6 is 11.6 Å². The van der Waals surface area contributed by atoms with Gasteiger partial charge in [0.05, 0.1) is 30.4 Å². The third kappa shape index (κ3) is 4.60. The summed E-state index contributed by atoms with van der Waals surface area (Å²) in [6, 6.07) is 3.19. The van der Waals surface area contributed by atoms with E-state index in [1.54, 1.807) is 19.1 Å². The summed E-state index contributed by atoms with van der Waals surface area (Å²) in [5, 5.41) is 0.304. The standard InChI is InChI=1S/C15H21ClO4/c1-4-7-19-13-9-11(15(17)18-6-3)12(16)10-14(13)20-8-5-2/h9-10H,4-8H2,1-3H3. The van der Waals surface area contributed by atoms with Gasteiger partial charge in [0, 0.05) is 12.1 Å². The number of carbonyl (C=O) groups excluding carboxylic acids is 1. The van der Waals surface area contributed by atoms with E-state index in [1.165, 1.54) is 0 Å². The molecule has 1 aromatic carbocycles. The molecule has 0 atom stereocenters. The highest BCUT2D eigenvalue weighted by atomic mass is 35.5. The molecule has 1 rings (SSSR count). The van der Waals surface area contributed by atoms with Gasteiger partial charge in [0.2, 0.25) is 0 Å². The average Bonchev–Trinajstić information content (AvgIpc) is 2.44. The zero-order valence-electron chi connectivity index (χ0n) is 12.2. The summed E-state index contributed by atoms with van der Waals surface area (Å²) in [5.74, 6) is 0.618. The highest BCUT2D eigenvalue weighted by Gasteiger charge is 2.17. The van der Waals surface area contributed by atoms with E-state index in [1.807, 2.05) is 13.8 Å². The summed E-state index contributed by atoms with van der Waals surface area (Å²) >= 11 is 6.11. The molecule has 0 saturated heterocycles. The topological polar surface area (TPSA) is 44.8 Å². The van der Waals surface area contributed by atoms with Gasteiger partial charge < -0.3 is 14.2 Å². The molecule has 0 aromatic heterocycles. The van der Waals surface area contributed by atoms with Crippen molar-refractivity contribution in [3.05, 3.63) is 22.7 Å². The maximum atomic E-state index is 11.8. The van der Waals surface area contributed by atoms with Crippen molar-refractivity contribution in [3.63, 3.8) is 0 Å². The summed E-state index contributed by atoms with van der Waals surface area (Å²) in [5.41, 5.74) is 0.295. The number of benzene rings is 1. The van der Waals surface area contributed by atoms with Crippen molar-refractivity contribution in [2.24, 2.45) is 0 Å². The Bertz CT molecular complexity index is 446. The average molecular weight is 301 g/mol. The predicted octanol–water partition coefficient (Wildman–Crippen LogP) is 4.09. The number of ether oxygens (including phenoxy) is 3. The summed E-state index contributed by atoms with van der Waals surface area (Å²) in [6.45, 7) is 7.19. The first-order valence-electron chi connectivity index (χ1n) is 6.90. The van der Waals surface area contributed by atoms with Gasteiger partial charge in [-0.15, -0.1) is 0 Å². The Morgan fingerprint density at radius 2 is 1.60 bits per heavy atom. The zero-order chi connectivity index (χ0) is 15.0. The van der Waals surface area contributed by atoms with Crippen LogP contribution in [-0.2, 0) is 4.74 Å². The second-order valence-corrected chi connectivity index (χ2v) is 4.60. The van der Waals surface area contributed by atoms with Crippen LogP contribution in [0.15, 0.2) is 12.1 Å². The van der Waals surface area contributed by atoms with Crippen LogP contribution < -0.4 is 9.47 Å². The normalized spacial score (nSPS) is 10.2. The zero-order valence-corrected chi connectivity index (χ0v) is 13.0. The Kier molecular flexibility index (Phi) is 7.23. The van der Waals surface area contributed by atoms with E-state index >= 15 is 0 Å². The molecular formula is C15H21ClO4. The molecule has 0 bridgehead atoms. The summed E-state index contributed by atoms with van der Waals surface area (Å²) in [6.07, 6.45) is 1.75.